The number of benzene rings is 1. The number of carbonyl (C=O) groups is 1. The number of methoxy groups -OCH3 is 1. The first kappa shape index (κ1) is 14.8. The third kappa shape index (κ3) is 2.63. The van der Waals surface area contributed by atoms with Gasteiger partial charge in [-0.1, -0.05) is 54.6 Å². The van der Waals surface area contributed by atoms with E-state index in [-0.39, 0.29) is 0 Å². The molecule has 2 bridgehead atoms. The number of fused-ring (bicyclic) bond motifs is 2. The first-order valence-corrected chi connectivity index (χ1v) is 7.30. The zero-order valence-corrected chi connectivity index (χ0v) is 12.5. The number of ether oxygens (including phenoxy) is 1. The molecule has 0 amide bonds. The molecule has 4 heteroatoms. The maximum absolute atomic E-state index is 10.6. The highest BCUT2D eigenvalue weighted by Gasteiger charge is 2.43. The van der Waals surface area contributed by atoms with Crippen LogP contribution in [0, 0.1) is 0 Å². The molecule has 0 saturated carbocycles. The van der Waals surface area contributed by atoms with Crippen LogP contribution in [0.2, 0.25) is 0 Å². The van der Waals surface area contributed by atoms with Crippen molar-refractivity contribution in [1.82, 2.24) is 5.32 Å². The molecule has 1 fully saturated rings. The third-order valence-corrected chi connectivity index (χ3v) is 4.11. The van der Waals surface area contributed by atoms with Crippen LogP contribution in [-0.2, 0) is 9.53 Å². The topological polar surface area (TPSA) is 58.6 Å². The fourth-order valence-corrected chi connectivity index (χ4v) is 2.74. The van der Waals surface area contributed by atoms with Crippen LogP contribution in [0.1, 0.15) is 11.5 Å². The minimum Gasteiger partial charge on any atom is -0.467 e. The molecule has 0 aromatic heterocycles. The lowest BCUT2D eigenvalue weighted by Crippen LogP contribution is -2.64. The summed E-state index contributed by atoms with van der Waals surface area (Å²) in [5.74, 6) is 0.00690. The van der Waals surface area contributed by atoms with Crippen molar-refractivity contribution in [2.45, 2.75) is 11.5 Å². The molecule has 3 aliphatic rings. The quantitative estimate of drug-likeness (QED) is 0.816. The Morgan fingerprint density at radius 3 is 2.41 bits per heavy atom. The number of aliphatic hydroxyl groups is 1. The van der Waals surface area contributed by atoms with E-state index in [9.17, 15) is 4.79 Å². The van der Waals surface area contributed by atoms with E-state index in [1.165, 1.54) is 23.8 Å². The van der Waals surface area contributed by atoms with E-state index in [4.69, 9.17) is 5.11 Å². The highest BCUT2D eigenvalue weighted by atomic mass is 16.5. The molecule has 1 aromatic carbocycles. The van der Waals surface area contributed by atoms with Gasteiger partial charge in [-0.2, -0.15) is 0 Å². The Bertz CT molecular complexity index is 643. The normalized spacial score (nSPS) is 22.9. The summed E-state index contributed by atoms with van der Waals surface area (Å²) in [6, 6.07) is 10.7. The second-order valence-electron chi connectivity index (χ2n) is 5.64. The summed E-state index contributed by atoms with van der Waals surface area (Å²) in [7, 11) is 1.26. The minimum absolute atomic E-state index is 0.305. The Morgan fingerprint density at radius 2 is 2.00 bits per heavy atom. The average Bonchev–Trinajstić information content (AvgIpc) is 2.54. The van der Waals surface area contributed by atoms with Gasteiger partial charge in [0.1, 0.15) is 0 Å². The zero-order valence-electron chi connectivity index (χ0n) is 12.5. The van der Waals surface area contributed by atoms with Crippen LogP contribution in [-0.4, -0.2) is 36.9 Å². The van der Waals surface area contributed by atoms with Gasteiger partial charge >= 0.3 is 5.97 Å². The Hall–Kier alpha value is -2.17. The number of hydrogen-bond acceptors (Lipinski definition) is 4. The highest BCUT2D eigenvalue weighted by molar-refractivity contribution is 5.81. The smallest absolute Gasteiger partial charge is 0.340 e. The third-order valence-electron chi connectivity index (χ3n) is 4.11. The van der Waals surface area contributed by atoms with E-state index in [0.717, 1.165) is 0 Å². The van der Waals surface area contributed by atoms with Gasteiger partial charge in [0.25, 0.3) is 0 Å². The molecule has 1 saturated heterocycles. The van der Waals surface area contributed by atoms with Crippen molar-refractivity contribution >= 4 is 5.97 Å². The van der Waals surface area contributed by atoms with Crippen LogP contribution in [0.4, 0.5) is 0 Å². The second kappa shape index (κ2) is 5.91. The van der Waals surface area contributed by atoms with Crippen molar-refractivity contribution in [2.24, 2.45) is 0 Å². The van der Waals surface area contributed by atoms with Gasteiger partial charge in [0.15, 0.2) is 5.60 Å². The van der Waals surface area contributed by atoms with E-state index in [2.05, 4.69) is 64.7 Å². The van der Waals surface area contributed by atoms with Gasteiger partial charge in [0.05, 0.1) is 7.11 Å². The lowest BCUT2D eigenvalue weighted by Gasteiger charge is -2.34. The van der Waals surface area contributed by atoms with Crippen LogP contribution in [0.5, 0.6) is 0 Å². The van der Waals surface area contributed by atoms with Gasteiger partial charge in [0, 0.05) is 19.0 Å². The summed E-state index contributed by atoms with van der Waals surface area (Å²) in [4.78, 5) is 10.6. The minimum atomic E-state index is -1.24. The number of rotatable bonds is 2. The number of hydrogen-bond donors (Lipinski definition) is 2. The Balaban J connectivity index is 0.000000142. The Morgan fingerprint density at radius 1 is 1.27 bits per heavy atom. The fraction of sp³-hybridized carbons (Fsp3) is 0.278. The van der Waals surface area contributed by atoms with Crippen molar-refractivity contribution in [3.8, 4) is 0 Å². The van der Waals surface area contributed by atoms with E-state index < -0.39 is 11.6 Å². The molecular weight excluding hydrogens is 278 g/mol. The monoisotopic (exact) mass is 297 g/mol. The van der Waals surface area contributed by atoms with Crippen molar-refractivity contribution < 1.29 is 14.6 Å². The van der Waals surface area contributed by atoms with Crippen LogP contribution in [0.25, 0.3) is 0 Å². The molecule has 1 aromatic rings. The predicted molar refractivity (Wildman–Crippen MR) is 84.3 cm³/mol. The van der Waals surface area contributed by atoms with E-state index in [0.29, 0.717) is 19.0 Å². The lowest BCUT2D eigenvalue weighted by molar-refractivity contribution is -0.167. The summed E-state index contributed by atoms with van der Waals surface area (Å²) >= 11 is 0. The Kier molecular flexibility index (Phi) is 3.96. The number of β-amino-alcohol motifs (C(OH)–C–C–N with tert-alkyl or cyclic N) is 1. The summed E-state index contributed by atoms with van der Waals surface area (Å²) in [5.41, 5.74) is 3.07. The molecule has 2 N–H and O–H groups in total. The summed E-state index contributed by atoms with van der Waals surface area (Å²) in [6.45, 7) is 0.610. The number of allylic oxidation sites excluding steroid dienone is 6. The largest absolute Gasteiger partial charge is 0.467 e. The van der Waals surface area contributed by atoms with Crippen molar-refractivity contribution in [3.63, 3.8) is 0 Å². The summed E-state index contributed by atoms with van der Waals surface area (Å²) < 4.78 is 4.33. The Labute approximate surface area is 129 Å². The van der Waals surface area contributed by atoms with Gasteiger partial charge in [-0.3, -0.25) is 0 Å². The average molecular weight is 297 g/mol. The molecule has 0 spiro atoms. The summed E-state index contributed by atoms with van der Waals surface area (Å²) in [5, 5.41) is 11.9. The van der Waals surface area contributed by atoms with Gasteiger partial charge in [-0.25, -0.2) is 4.79 Å². The molecule has 4 nitrogen and oxygen atoms in total. The molecular formula is C18H19NO3. The first-order chi connectivity index (χ1) is 10.6. The number of esters is 1. The molecule has 4 rings (SSSR count). The van der Waals surface area contributed by atoms with Gasteiger partial charge in [-0.05, 0) is 16.7 Å². The van der Waals surface area contributed by atoms with E-state index in [1.807, 2.05) is 0 Å². The fourth-order valence-electron chi connectivity index (χ4n) is 2.74. The SMILES string of the molecule is COC(=O)C1(O)CNC1.c1ccc(C2c3cccc2c3)cc1. The van der Waals surface area contributed by atoms with E-state index >= 15 is 0 Å². The molecule has 0 radical (unpaired) electrons. The standard InChI is InChI=1S/C13H10.C5H9NO3/c1-2-5-10(6-3-1)13-11-7-4-8-12(13)9-11;1-9-4(7)5(8)2-6-3-5/h1-9,13H;6,8H,2-3H2,1H3. The highest BCUT2D eigenvalue weighted by Crippen LogP contribution is 2.44. The van der Waals surface area contributed by atoms with Crippen LogP contribution in [0.3, 0.4) is 0 Å². The zero-order chi connectivity index (χ0) is 15.6. The second-order valence-corrected chi connectivity index (χ2v) is 5.64. The van der Waals surface area contributed by atoms with E-state index in [1.54, 1.807) is 0 Å². The van der Waals surface area contributed by atoms with Crippen molar-refractivity contribution in [2.75, 3.05) is 20.2 Å². The molecule has 1 unspecified atom stereocenters. The van der Waals surface area contributed by atoms with Gasteiger partial charge in [-0.15, -0.1) is 0 Å². The van der Waals surface area contributed by atoms with Crippen LogP contribution >= 0.6 is 0 Å². The first-order valence-electron chi connectivity index (χ1n) is 7.30. The maximum atomic E-state index is 10.6. The van der Waals surface area contributed by atoms with Crippen LogP contribution in [0.15, 0.2) is 65.8 Å². The lowest BCUT2D eigenvalue weighted by atomic mass is 9.72. The molecule has 1 heterocycles. The van der Waals surface area contributed by atoms with Crippen molar-refractivity contribution in [1.29, 1.82) is 0 Å². The maximum Gasteiger partial charge on any atom is 0.340 e. The molecule has 22 heavy (non-hydrogen) atoms. The number of nitrogens with one attached hydrogen (secondary N) is 1. The number of carbonyl (C=O) groups excluding carboxylic acids is 1. The van der Waals surface area contributed by atoms with Gasteiger partial charge < -0.3 is 15.2 Å². The summed E-state index contributed by atoms with van der Waals surface area (Å²) in [6.07, 6.45) is 8.79. The molecule has 2 aliphatic carbocycles. The molecule has 114 valence electrons. The van der Waals surface area contributed by atoms with Gasteiger partial charge in [0.2, 0.25) is 0 Å². The molecule has 1 atom stereocenters. The van der Waals surface area contributed by atoms with Crippen molar-refractivity contribution in [3.05, 3.63) is 71.3 Å². The van der Waals surface area contributed by atoms with Crippen LogP contribution < -0.4 is 5.32 Å². The molecule has 1 aliphatic heterocycles. The predicted octanol–water partition coefficient (Wildman–Crippen LogP) is 1.70.